The normalized spacial score (nSPS) is 20.9. The summed E-state index contributed by atoms with van der Waals surface area (Å²) in [7, 11) is 0. The van der Waals surface area contributed by atoms with Gasteiger partial charge in [-0.2, -0.15) is 0 Å². The van der Waals surface area contributed by atoms with Crippen LogP contribution in [-0.2, 0) is 0 Å². The minimum Gasteiger partial charge on any atom is -0.314 e. The van der Waals surface area contributed by atoms with Gasteiger partial charge >= 0.3 is 0 Å². The van der Waals surface area contributed by atoms with Crippen molar-refractivity contribution in [1.82, 2.24) is 5.32 Å². The summed E-state index contributed by atoms with van der Waals surface area (Å²) >= 11 is 0. The standard InChI is InChI=1S/C9H17N.H2/c1-2-10-9-7-5-3-4-6-8-9;/h3-4,9-10H,2,5-8H2,1H3;1H. The number of rotatable bonds is 2. The molecule has 0 fully saturated rings. The number of hydrogen-bond donors (Lipinski definition) is 1. The molecule has 0 aromatic carbocycles. The molecule has 0 radical (unpaired) electrons. The van der Waals surface area contributed by atoms with Gasteiger partial charge in [-0.15, -0.1) is 0 Å². The molecule has 1 heteroatoms. The highest BCUT2D eigenvalue weighted by atomic mass is 14.9. The summed E-state index contributed by atoms with van der Waals surface area (Å²) in [5.74, 6) is 0. The molecule has 0 amide bonds. The van der Waals surface area contributed by atoms with E-state index in [0.717, 1.165) is 12.6 Å². The first-order chi connectivity index (χ1) is 4.93. The van der Waals surface area contributed by atoms with Crippen molar-refractivity contribution in [3.63, 3.8) is 0 Å². The zero-order chi connectivity index (χ0) is 7.23. The van der Waals surface area contributed by atoms with Gasteiger partial charge in [0.05, 0.1) is 0 Å². The number of hydrogen-bond acceptors (Lipinski definition) is 1. The lowest BCUT2D eigenvalue weighted by atomic mass is 10.1. The summed E-state index contributed by atoms with van der Waals surface area (Å²) in [5.41, 5.74) is 0. The Morgan fingerprint density at radius 2 is 2.00 bits per heavy atom. The zero-order valence-corrected chi connectivity index (χ0v) is 6.77. The molecule has 10 heavy (non-hydrogen) atoms. The monoisotopic (exact) mass is 141 g/mol. The van der Waals surface area contributed by atoms with Crippen molar-refractivity contribution in [2.75, 3.05) is 6.54 Å². The van der Waals surface area contributed by atoms with Crippen molar-refractivity contribution in [3.8, 4) is 0 Å². The molecule has 0 atom stereocenters. The molecule has 0 aromatic rings. The lowest BCUT2D eigenvalue weighted by Gasteiger charge is -2.13. The molecule has 0 heterocycles. The van der Waals surface area contributed by atoms with Crippen LogP contribution in [0, 0.1) is 0 Å². The highest BCUT2D eigenvalue weighted by molar-refractivity contribution is 4.88. The quantitative estimate of drug-likeness (QED) is 0.582. The Kier molecular flexibility index (Phi) is 3.52. The van der Waals surface area contributed by atoms with Gasteiger partial charge in [-0.25, -0.2) is 0 Å². The summed E-state index contributed by atoms with van der Waals surface area (Å²) in [6, 6.07) is 0.778. The Balaban J connectivity index is 0.000001000. The Bertz CT molecular complexity index is 102. The summed E-state index contributed by atoms with van der Waals surface area (Å²) in [5, 5.41) is 3.48. The lowest BCUT2D eigenvalue weighted by molar-refractivity contribution is 0.478. The Hall–Kier alpha value is -0.300. The largest absolute Gasteiger partial charge is 0.314 e. The Labute approximate surface area is 65.0 Å². The fourth-order valence-electron chi connectivity index (χ4n) is 1.47. The van der Waals surface area contributed by atoms with Gasteiger partial charge in [0.2, 0.25) is 0 Å². The Morgan fingerprint density at radius 3 is 2.50 bits per heavy atom. The molecule has 0 saturated heterocycles. The third kappa shape index (κ3) is 2.53. The molecule has 1 N–H and O–H groups in total. The summed E-state index contributed by atoms with van der Waals surface area (Å²) in [6.45, 7) is 3.29. The predicted octanol–water partition coefficient (Wildman–Crippen LogP) is 2.34. The summed E-state index contributed by atoms with van der Waals surface area (Å²) < 4.78 is 0. The van der Waals surface area contributed by atoms with Gasteiger partial charge < -0.3 is 5.32 Å². The smallest absolute Gasteiger partial charge is 0.00728 e. The first-order valence-electron chi connectivity index (χ1n) is 4.32. The first kappa shape index (κ1) is 7.80. The second-order valence-electron chi connectivity index (χ2n) is 2.88. The second kappa shape index (κ2) is 4.51. The van der Waals surface area contributed by atoms with E-state index in [0.29, 0.717) is 0 Å². The van der Waals surface area contributed by atoms with Crippen molar-refractivity contribution in [2.45, 2.75) is 38.6 Å². The SMILES string of the molecule is CCNC1CCC=CCC1.[HH]. The van der Waals surface area contributed by atoms with Crippen LogP contribution in [0.3, 0.4) is 0 Å². The van der Waals surface area contributed by atoms with Crippen molar-refractivity contribution in [1.29, 1.82) is 0 Å². The van der Waals surface area contributed by atoms with Crippen LogP contribution < -0.4 is 5.32 Å². The Morgan fingerprint density at radius 1 is 1.40 bits per heavy atom. The van der Waals surface area contributed by atoms with Crippen molar-refractivity contribution < 1.29 is 1.43 Å². The predicted molar refractivity (Wildman–Crippen MR) is 47.2 cm³/mol. The van der Waals surface area contributed by atoms with Gasteiger partial charge in [0.25, 0.3) is 0 Å². The van der Waals surface area contributed by atoms with Gasteiger partial charge in [-0.1, -0.05) is 19.1 Å². The van der Waals surface area contributed by atoms with Gasteiger partial charge in [-0.3, -0.25) is 0 Å². The average molecular weight is 141 g/mol. The molecule has 1 rings (SSSR count). The van der Waals surface area contributed by atoms with E-state index >= 15 is 0 Å². The number of nitrogens with one attached hydrogen (secondary N) is 1. The maximum Gasteiger partial charge on any atom is 0.00728 e. The highest BCUT2D eigenvalue weighted by Crippen LogP contribution is 2.10. The van der Waals surface area contributed by atoms with E-state index in [4.69, 9.17) is 0 Å². The molecule has 0 spiro atoms. The van der Waals surface area contributed by atoms with Gasteiger partial charge in [-0.05, 0) is 32.2 Å². The topological polar surface area (TPSA) is 12.0 Å². The summed E-state index contributed by atoms with van der Waals surface area (Å²) in [4.78, 5) is 0. The number of allylic oxidation sites excluding steroid dienone is 2. The minimum atomic E-state index is 0. The minimum absolute atomic E-state index is 0. The maximum atomic E-state index is 3.48. The molecule has 0 aliphatic heterocycles. The average Bonchev–Trinajstić information content (AvgIpc) is 2.17. The highest BCUT2D eigenvalue weighted by Gasteiger charge is 2.06. The van der Waals surface area contributed by atoms with Crippen molar-refractivity contribution >= 4 is 0 Å². The van der Waals surface area contributed by atoms with Crippen LogP contribution in [0.25, 0.3) is 0 Å². The van der Waals surface area contributed by atoms with Gasteiger partial charge in [0.15, 0.2) is 0 Å². The van der Waals surface area contributed by atoms with Crippen LogP contribution in [0.1, 0.15) is 34.0 Å². The summed E-state index contributed by atoms with van der Waals surface area (Å²) in [6.07, 6.45) is 9.78. The van der Waals surface area contributed by atoms with Crippen LogP contribution >= 0.6 is 0 Å². The van der Waals surface area contributed by atoms with Crippen molar-refractivity contribution in [2.24, 2.45) is 0 Å². The van der Waals surface area contributed by atoms with Crippen LogP contribution in [-0.4, -0.2) is 12.6 Å². The van der Waals surface area contributed by atoms with Crippen LogP contribution in [0.2, 0.25) is 0 Å². The van der Waals surface area contributed by atoms with Crippen LogP contribution in [0.4, 0.5) is 0 Å². The molecule has 1 aliphatic carbocycles. The second-order valence-corrected chi connectivity index (χ2v) is 2.88. The molecule has 1 aliphatic rings. The van der Waals surface area contributed by atoms with Crippen molar-refractivity contribution in [3.05, 3.63) is 12.2 Å². The molecular weight excluding hydrogens is 122 g/mol. The van der Waals surface area contributed by atoms with Gasteiger partial charge in [0.1, 0.15) is 0 Å². The van der Waals surface area contributed by atoms with E-state index < -0.39 is 0 Å². The third-order valence-electron chi connectivity index (χ3n) is 2.02. The molecule has 60 valence electrons. The first-order valence-corrected chi connectivity index (χ1v) is 4.32. The van der Waals surface area contributed by atoms with E-state index in [1.54, 1.807) is 0 Å². The molecule has 0 aromatic heterocycles. The fourth-order valence-corrected chi connectivity index (χ4v) is 1.47. The zero-order valence-electron chi connectivity index (χ0n) is 6.77. The molecule has 1 nitrogen and oxygen atoms in total. The van der Waals surface area contributed by atoms with Crippen LogP contribution in [0.5, 0.6) is 0 Å². The van der Waals surface area contributed by atoms with Gasteiger partial charge in [0, 0.05) is 7.47 Å². The van der Waals surface area contributed by atoms with E-state index in [-0.39, 0.29) is 1.43 Å². The fraction of sp³-hybridized carbons (Fsp3) is 0.778. The van der Waals surface area contributed by atoms with E-state index in [1.807, 2.05) is 0 Å². The maximum absolute atomic E-state index is 3.48. The molecule has 0 unspecified atom stereocenters. The third-order valence-corrected chi connectivity index (χ3v) is 2.02. The molecule has 0 saturated carbocycles. The molecular formula is C9H19N. The van der Waals surface area contributed by atoms with E-state index in [2.05, 4.69) is 24.4 Å². The van der Waals surface area contributed by atoms with E-state index in [9.17, 15) is 0 Å². The lowest BCUT2D eigenvalue weighted by Crippen LogP contribution is -2.27. The van der Waals surface area contributed by atoms with E-state index in [1.165, 1.54) is 25.7 Å². The van der Waals surface area contributed by atoms with Crippen LogP contribution in [0.15, 0.2) is 12.2 Å². The molecule has 0 bridgehead atoms.